The first kappa shape index (κ1) is 18.2. The molecular weight excluding hydrogens is 318 g/mol. The van der Waals surface area contributed by atoms with Gasteiger partial charge in [-0.05, 0) is 50.7 Å². The van der Waals surface area contributed by atoms with E-state index in [9.17, 15) is 4.79 Å². The van der Waals surface area contributed by atoms with Gasteiger partial charge in [0.25, 0.3) is 0 Å². The van der Waals surface area contributed by atoms with E-state index in [1.165, 1.54) is 5.56 Å². The van der Waals surface area contributed by atoms with Crippen LogP contribution in [0.25, 0.3) is 0 Å². The van der Waals surface area contributed by atoms with Gasteiger partial charge in [0, 0.05) is 31.9 Å². The molecule has 6 heteroatoms. The Morgan fingerprint density at radius 3 is 2.96 bits per heavy atom. The SMILES string of the molecule is COc1ccc2c(c1)CCCN2C(=O)CN1CCO[C@H](CN(C)C)C1. The molecule has 0 aromatic heterocycles. The highest BCUT2D eigenvalue weighted by molar-refractivity contribution is 5.96. The lowest BCUT2D eigenvalue weighted by Gasteiger charge is -2.36. The van der Waals surface area contributed by atoms with E-state index in [2.05, 4.69) is 15.9 Å². The molecule has 2 aliphatic heterocycles. The molecule has 0 unspecified atom stereocenters. The summed E-state index contributed by atoms with van der Waals surface area (Å²) in [7, 11) is 5.77. The summed E-state index contributed by atoms with van der Waals surface area (Å²) in [6.07, 6.45) is 2.17. The van der Waals surface area contributed by atoms with Crippen molar-refractivity contribution in [1.29, 1.82) is 0 Å². The number of aryl methyl sites for hydroxylation is 1. The fourth-order valence-corrected chi connectivity index (χ4v) is 3.68. The van der Waals surface area contributed by atoms with Crippen LogP contribution in [0.2, 0.25) is 0 Å². The maximum absolute atomic E-state index is 12.9. The first-order valence-electron chi connectivity index (χ1n) is 9.03. The Kier molecular flexibility index (Phi) is 5.93. The molecule has 1 aromatic rings. The molecule has 1 fully saturated rings. The standard InChI is InChI=1S/C19H29N3O3/c1-20(2)12-17-13-21(9-10-25-17)14-19(23)22-8-4-5-15-11-16(24-3)6-7-18(15)22/h6-7,11,17H,4-5,8-10,12-14H2,1-3H3/t17-/m1/s1. The van der Waals surface area contributed by atoms with E-state index in [-0.39, 0.29) is 12.0 Å². The molecule has 138 valence electrons. The van der Waals surface area contributed by atoms with Crippen molar-refractivity contribution in [2.24, 2.45) is 0 Å². The van der Waals surface area contributed by atoms with Crippen molar-refractivity contribution in [3.05, 3.63) is 23.8 Å². The minimum atomic E-state index is 0.175. The third-order valence-corrected chi connectivity index (χ3v) is 4.86. The number of nitrogens with zero attached hydrogens (tertiary/aromatic N) is 3. The van der Waals surface area contributed by atoms with Crippen LogP contribution < -0.4 is 9.64 Å². The minimum absolute atomic E-state index is 0.175. The zero-order valence-electron chi connectivity index (χ0n) is 15.5. The highest BCUT2D eigenvalue weighted by atomic mass is 16.5. The monoisotopic (exact) mass is 347 g/mol. The maximum atomic E-state index is 12.9. The fraction of sp³-hybridized carbons (Fsp3) is 0.632. The second kappa shape index (κ2) is 8.17. The zero-order valence-corrected chi connectivity index (χ0v) is 15.5. The topological polar surface area (TPSA) is 45.3 Å². The molecule has 25 heavy (non-hydrogen) atoms. The van der Waals surface area contributed by atoms with Crippen molar-refractivity contribution in [3.8, 4) is 5.75 Å². The molecule has 1 saturated heterocycles. The largest absolute Gasteiger partial charge is 0.497 e. The van der Waals surface area contributed by atoms with Gasteiger partial charge in [0.15, 0.2) is 0 Å². The number of anilines is 1. The van der Waals surface area contributed by atoms with Gasteiger partial charge in [-0.2, -0.15) is 0 Å². The first-order valence-corrected chi connectivity index (χ1v) is 9.03. The molecular formula is C19H29N3O3. The van der Waals surface area contributed by atoms with Crippen molar-refractivity contribution in [3.63, 3.8) is 0 Å². The fourth-order valence-electron chi connectivity index (χ4n) is 3.68. The molecule has 1 aromatic carbocycles. The second-order valence-corrected chi connectivity index (χ2v) is 7.13. The Morgan fingerprint density at radius 2 is 2.20 bits per heavy atom. The van der Waals surface area contributed by atoms with E-state index in [4.69, 9.17) is 9.47 Å². The number of hydrogen-bond donors (Lipinski definition) is 0. The van der Waals surface area contributed by atoms with E-state index < -0.39 is 0 Å². The maximum Gasteiger partial charge on any atom is 0.241 e. The van der Waals surface area contributed by atoms with Gasteiger partial charge in [0.1, 0.15) is 5.75 Å². The van der Waals surface area contributed by atoms with Gasteiger partial charge in [-0.25, -0.2) is 0 Å². The van der Waals surface area contributed by atoms with Crippen molar-refractivity contribution >= 4 is 11.6 Å². The molecule has 0 saturated carbocycles. The molecule has 1 amide bonds. The summed E-state index contributed by atoms with van der Waals surface area (Å²) in [5, 5.41) is 0. The molecule has 1 atom stereocenters. The average Bonchev–Trinajstić information content (AvgIpc) is 2.60. The number of amides is 1. The number of carbonyl (C=O) groups excluding carboxylic acids is 1. The first-order chi connectivity index (χ1) is 12.1. The normalized spacial score (nSPS) is 21.3. The number of likely N-dealkylation sites (N-methyl/N-ethyl adjacent to an activating group) is 1. The third kappa shape index (κ3) is 4.51. The number of benzene rings is 1. The predicted molar refractivity (Wildman–Crippen MR) is 98.4 cm³/mol. The van der Waals surface area contributed by atoms with E-state index in [1.54, 1.807) is 7.11 Å². The molecule has 0 N–H and O–H groups in total. The average molecular weight is 347 g/mol. The van der Waals surface area contributed by atoms with Crippen molar-refractivity contribution < 1.29 is 14.3 Å². The Hall–Kier alpha value is -1.63. The second-order valence-electron chi connectivity index (χ2n) is 7.13. The Balaban J connectivity index is 1.64. The van der Waals surface area contributed by atoms with Crippen LogP contribution in [0.5, 0.6) is 5.75 Å². The minimum Gasteiger partial charge on any atom is -0.497 e. The van der Waals surface area contributed by atoms with Gasteiger partial charge in [0.05, 0.1) is 26.4 Å². The van der Waals surface area contributed by atoms with Crippen molar-refractivity contribution in [2.45, 2.75) is 18.9 Å². The quantitative estimate of drug-likeness (QED) is 0.802. The Morgan fingerprint density at radius 1 is 1.36 bits per heavy atom. The molecule has 2 heterocycles. The van der Waals surface area contributed by atoms with Crippen LogP contribution in [-0.2, 0) is 16.0 Å². The lowest BCUT2D eigenvalue weighted by Crippen LogP contribution is -2.50. The van der Waals surface area contributed by atoms with Gasteiger partial charge in [-0.15, -0.1) is 0 Å². The predicted octanol–water partition coefficient (Wildman–Crippen LogP) is 1.24. The lowest BCUT2D eigenvalue weighted by atomic mass is 10.0. The van der Waals surface area contributed by atoms with Crippen LogP contribution in [0.3, 0.4) is 0 Å². The number of carbonyl (C=O) groups is 1. The summed E-state index contributed by atoms with van der Waals surface area (Å²) in [6, 6.07) is 6.00. The number of morpholine rings is 1. The van der Waals surface area contributed by atoms with Gasteiger partial charge in [0.2, 0.25) is 5.91 Å². The molecule has 2 aliphatic rings. The summed E-state index contributed by atoms with van der Waals surface area (Å²) in [5.74, 6) is 1.03. The number of hydrogen-bond acceptors (Lipinski definition) is 5. The number of methoxy groups -OCH3 is 1. The van der Waals surface area contributed by atoms with Gasteiger partial charge < -0.3 is 19.3 Å². The highest BCUT2D eigenvalue weighted by Gasteiger charge is 2.27. The molecule has 3 rings (SSSR count). The van der Waals surface area contributed by atoms with Crippen LogP contribution in [0.4, 0.5) is 5.69 Å². The van der Waals surface area contributed by atoms with Crippen molar-refractivity contribution in [2.75, 3.05) is 65.4 Å². The van der Waals surface area contributed by atoms with Crippen LogP contribution >= 0.6 is 0 Å². The Labute approximate surface area is 150 Å². The molecule has 6 nitrogen and oxygen atoms in total. The number of ether oxygens (including phenoxy) is 2. The smallest absolute Gasteiger partial charge is 0.241 e. The lowest BCUT2D eigenvalue weighted by molar-refractivity contribution is -0.122. The van der Waals surface area contributed by atoms with E-state index in [0.29, 0.717) is 13.2 Å². The van der Waals surface area contributed by atoms with Crippen LogP contribution in [0, 0.1) is 0 Å². The summed E-state index contributed by atoms with van der Waals surface area (Å²) in [6.45, 7) is 4.46. The number of fused-ring (bicyclic) bond motifs is 1. The molecule has 0 spiro atoms. The number of rotatable bonds is 5. The molecule has 0 bridgehead atoms. The third-order valence-electron chi connectivity index (χ3n) is 4.86. The summed E-state index contributed by atoms with van der Waals surface area (Å²) >= 11 is 0. The van der Waals surface area contributed by atoms with Crippen LogP contribution in [0.15, 0.2) is 18.2 Å². The summed E-state index contributed by atoms with van der Waals surface area (Å²) in [4.78, 5) is 19.2. The van der Waals surface area contributed by atoms with Gasteiger partial charge in [-0.3, -0.25) is 9.69 Å². The van der Waals surface area contributed by atoms with E-state index in [0.717, 1.165) is 50.5 Å². The zero-order chi connectivity index (χ0) is 17.8. The summed E-state index contributed by atoms with van der Waals surface area (Å²) < 4.78 is 11.1. The molecule has 0 radical (unpaired) electrons. The molecule has 0 aliphatic carbocycles. The van der Waals surface area contributed by atoms with Crippen LogP contribution in [-0.4, -0.2) is 82.3 Å². The van der Waals surface area contributed by atoms with Crippen LogP contribution in [0.1, 0.15) is 12.0 Å². The van der Waals surface area contributed by atoms with E-state index >= 15 is 0 Å². The van der Waals surface area contributed by atoms with Gasteiger partial charge >= 0.3 is 0 Å². The van der Waals surface area contributed by atoms with Crippen molar-refractivity contribution in [1.82, 2.24) is 9.80 Å². The van der Waals surface area contributed by atoms with E-state index in [1.807, 2.05) is 31.1 Å². The van der Waals surface area contributed by atoms with Gasteiger partial charge in [-0.1, -0.05) is 0 Å². The highest BCUT2D eigenvalue weighted by Crippen LogP contribution is 2.30. The summed E-state index contributed by atoms with van der Waals surface area (Å²) in [5.41, 5.74) is 2.24. The Bertz CT molecular complexity index is 606.